The summed E-state index contributed by atoms with van der Waals surface area (Å²) in [6, 6.07) is 3.30. The van der Waals surface area contributed by atoms with E-state index in [2.05, 4.69) is 16.9 Å². The Labute approximate surface area is 164 Å². The molecule has 1 heterocycles. The summed E-state index contributed by atoms with van der Waals surface area (Å²) in [6.07, 6.45) is 10.6. The lowest BCUT2D eigenvalue weighted by Gasteiger charge is -2.28. The maximum Gasteiger partial charge on any atom is 0.321 e. The van der Waals surface area contributed by atoms with E-state index in [1.807, 2.05) is 0 Å². The minimum absolute atomic E-state index is 0.0769. The highest BCUT2D eigenvalue weighted by atomic mass is 19.3. The van der Waals surface area contributed by atoms with Crippen LogP contribution in [0.4, 0.5) is 13.2 Å². The molecule has 0 spiro atoms. The van der Waals surface area contributed by atoms with Gasteiger partial charge in [0.2, 0.25) is 0 Å². The van der Waals surface area contributed by atoms with E-state index in [9.17, 15) is 13.2 Å². The Balaban J connectivity index is 1.48. The molecule has 3 nitrogen and oxygen atoms in total. The molecule has 0 unspecified atom stereocenters. The van der Waals surface area contributed by atoms with Crippen molar-refractivity contribution in [3.63, 3.8) is 0 Å². The maximum absolute atomic E-state index is 13.6. The monoisotopic (exact) mass is 392 g/mol. The van der Waals surface area contributed by atoms with E-state index in [0.29, 0.717) is 0 Å². The molecule has 3 rings (SSSR count). The van der Waals surface area contributed by atoms with Crippen molar-refractivity contribution in [1.29, 1.82) is 0 Å². The summed E-state index contributed by atoms with van der Waals surface area (Å²) in [4.78, 5) is 8.31. The van der Waals surface area contributed by atoms with Crippen molar-refractivity contribution in [3.05, 3.63) is 47.5 Å². The van der Waals surface area contributed by atoms with E-state index < -0.39 is 17.8 Å². The Kier molecular flexibility index (Phi) is 7.29. The molecule has 1 saturated carbocycles. The third kappa shape index (κ3) is 5.69. The largest absolute Gasteiger partial charge is 0.424 e. The van der Waals surface area contributed by atoms with E-state index in [1.165, 1.54) is 44.6 Å². The molecule has 0 aliphatic heterocycles. The molecule has 0 amide bonds. The van der Waals surface area contributed by atoms with Crippen molar-refractivity contribution in [3.8, 4) is 11.8 Å². The van der Waals surface area contributed by atoms with Gasteiger partial charge in [0, 0.05) is 18.5 Å². The summed E-state index contributed by atoms with van der Waals surface area (Å²) in [5.74, 6) is 0.789. The molecule has 6 heteroatoms. The molecule has 1 fully saturated rings. The molecule has 0 bridgehead atoms. The lowest BCUT2D eigenvalue weighted by Crippen LogP contribution is -2.15. The predicted molar refractivity (Wildman–Crippen MR) is 102 cm³/mol. The van der Waals surface area contributed by atoms with Crippen LogP contribution in [0.15, 0.2) is 30.6 Å². The van der Waals surface area contributed by atoms with Crippen molar-refractivity contribution in [1.82, 2.24) is 9.97 Å². The lowest BCUT2D eigenvalue weighted by molar-refractivity contribution is 0.146. The van der Waals surface area contributed by atoms with Crippen LogP contribution < -0.4 is 4.74 Å². The third-order valence-corrected chi connectivity index (χ3v) is 5.60. The van der Waals surface area contributed by atoms with Crippen LogP contribution >= 0.6 is 0 Å². The topological polar surface area (TPSA) is 35.0 Å². The van der Waals surface area contributed by atoms with Gasteiger partial charge in [-0.25, -0.2) is 23.1 Å². The van der Waals surface area contributed by atoms with Gasteiger partial charge in [-0.2, -0.15) is 0 Å². The Morgan fingerprint density at radius 2 is 1.68 bits per heavy atom. The molecular formula is C22H27F3N2O. The Morgan fingerprint density at radius 3 is 2.25 bits per heavy atom. The summed E-state index contributed by atoms with van der Waals surface area (Å²) >= 11 is 0. The molecule has 152 valence electrons. The molecule has 1 aromatic carbocycles. The van der Waals surface area contributed by atoms with Gasteiger partial charge in [-0.1, -0.05) is 45.4 Å². The minimum Gasteiger partial charge on any atom is -0.424 e. The number of benzene rings is 1. The van der Waals surface area contributed by atoms with Gasteiger partial charge < -0.3 is 4.74 Å². The lowest BCUT2D eigenvalue weighted by atomic mass is 9.78. The van der Waals surface area contributed by atoms with E-state index in [1.54, 1.807) is 12.4 Å². The summed E-state index contributed by atoms with van der Waals surface area (Å²) in [7, 11) is 0. The van der Waals surface area contributed by atoms with Gasteiger partial charge in [-0.3, -0.25) is 0 Å². The van der Waals surface area contributed by atoms with Gasteiger partial charge in [0.05, 0.1) is 5.56 Å². The van der Waals surface area contributed by atoms with E-state index >= 15 is 0 Å². The summed E-state index contributed by atoms with van der Waals surface area (Å²) in [5.41, 5.74) is 0.398. The van der Waals surface area contributed by atoms with Gasteiger partial charge >= 0.3 is 6.01 Å². The average molecular weight is 392 g/mol. The first-order valence-corrected chi connectivity index (χ1v) is 10.1. The number of nitrogens with zero attached hydrogens (tertiary/aromatic N) is 2. The highest BCUT2D eigenvalue weighted by Crippen LogP contribution is 2.34. The number of ether oxygens (including phenoxy) is 1. The molecule has 1 aromatic heterocycles. The first-order chi connectivity index (χ1) is 13.5. The number of rotatable bonds is 8. The highest BCUT2D eigenvalue weighted by Gasteiger charge is 2.20. The van der Waals surface area contributed by atoms with Crippen LogP contribution in [-0.2, 0) is 6.42 Å². The maximum atomic E-state index is 13.6. The molecule has 2 aromatic rings. The summed E-state index contributed by atoms with van der Waals surface area (Å²) < 4.78 is 44.2. The number of aryl methyl sites for hydroxylation is 1. The average Bonchev–Trinajstić information content (AvgIpc) is 2.68. The molecule has 0 saturated heterocycles. The zero-order chi connectivity index (χ0) is 19.9. The minimum atomic E-state index is -2.86. The molecule has 28 heavy (non-hydrogen) atoms. The zero-order valence-electron chi connectivity index (χ0n) is 16.2. The highest BCUT2D eigenvalue weighted by molar-refractivity contribution is 5.31. The SMILES string of the molecule is CCCC1CCC(CCc2cnc(Oc3ccc(C(F)F)c(F)c3)nc2)CC1. The first kappa shape index (κ1) is 20.6. The smallest absolute Gasteiger partial charge is 0.321 e. The van der Waals surface area contributed by atoms with Gasteiger partial charge in [-0.05, 0) is 42.4 Å². The van der Waals surface area contributed by atoms with E-state index in [-0.39, 0.29) is 11.8 Å². The van der Waals surface area contributed by atoms with Crippen molar-refractivity contribution in [2.45, 2.75) is 64.7 Å². The number of alkyl halides is 2. The Morgan fingerprint density at radius 1 is 1.04 bits per heavy atom. The number of aromatic nitrogens is 2. The fourth-order valence-electron chi connectivity index (χ4n) is 3.97. The second kappa shape index (κ2) is 9.89. The molecule has 0 atom stereocenters. The normalized spacial score (nSPS) is 19.8. The van der Waals surface area contributed by atoms with Gasteiger partial charge in [-0.15, -0.1) is 0 Å². The quantitative estimate of drug-likeness (QED) is 0.491. The molecule has 0 N–H and O–H groups in total. The van der Waals surface area contributed by atoms with Gasteiger partial charge in [0.25, 0.3) is 6.43 Å². The Bertz CT molecular complexity index is 744. The second-order valence-electron chi connectivity index (χ2n) is 7.67. The van der Waals surface area contributed by atoms with Crippen LogP contribution in [0.5, 0.6) is 11.8 Å². The van der Waals surface area contributed by atoms with Crippen LogP contribution in [0.3, 0.4) is 0 Å². The van der Waals surface area contributed by atoms with Crippen LogP contribution in [0.25, 0.3) is 0 Å². The molecular weight excluding hydrogens is 365 g/mol. The van der Waals surface area contributed by atoms with E-state index in [4.69, 9.17) is 4.74 Å². The number of hydrogen-bond donors (Lipinski definition) is 0. The van der Waals surface area contributed by atoms with E-state index in [0.717, 1.165) is 42.4 Å². The van der Waals surface area contributed by atoms with Crippen LogP contribution in [-0.4, -0.2) is 9.97 Å². The van der Waals surface area contributed by atoms with Crippen LogP contribution in [0, 0.1) is 17.7 Å². The molecule has 0 radical (unpaired) electrons. The van der Waals surface area contributed by atoms with Crippen molar-refractivity contribution in [2.75, 3.05) is 0 Å². The van der Waals surface area contributed by atoms with Gasteiger partial charge in [0.1, 0.15) is 11.6 Å². The van der Waals surface area contributed by atoms with Crippen LogP contribution in [0.2, 0.25) is 0 Å². The molecule has 1 aliphatic rings. The second-order valence-corrected chi connectivity index (χ2v) is 7.67. The van der Waals surface area contributed by atoms with Crippen molar-refractivity contribution < 1.29 is 17.9 Å². The van der Waals surface area contributed by atoms with Crippen molar-refractivity contribution >= 4 is 0 Å². The predicted octanol–water partition coefficient (Wildman–Crippen LogP) is 6.88. The fraction of sp³-hybridized carbons (Fsp3) is 0.545. The first-order valence-electron chi connectivity index (χ1n) is 10.1. The fourth-order valence-corrected chi connectivity index (χ4v) is 3.97. The number of hydrogen-bond acceptors (Lipinski definition) is 3. The summed E-state index contributed by atoms with van der Waals surface area (Å²) in [6.45, 7) is 2.26. The summed E-state index contributed by atoms with van der Waals surface area (Å²) in [5, 5.41) is 0. The number of halogens is 3. The Hall–Kier alpha value is -2.11. The van der Waals surface area contributed by atoms with Crippen LogP contribution in [0.1, 0.15) is 69.4 Å². The van der Waals surface area contributed by atoms with Crippen molar-refractivity contribution in [2.24, 2.45) is 11.8 Å². The zero-order valence-corrected chi connectivity index (χ0v) is 16.2. The standard InChI is InChI=1S/C22H27F3N2O/c1-2-3-15-4-6-16(7-5-15)8-9-17-13-26-22(27-14-17)28-18-10-11-19(21(24)25)20(23)12-18/h10-16,21H,2-9H2,1H3. The van der Waals surface area contributed by atoms with Gasteiger partial charge in [0.15, 0.2) is 0 Å². The third-order valence-electron chi connectivity index (χ3n) is 5.60. The molecule has 1 aliphatic carbocycles.